The van der Waals surface area contributed by atoms with E-state index in [-0.39, 0.29) is 18.6 Å². The van der Waals surface area contributed by atoms with Gasteiger partial charge in [-0.05, 0) is 38.0 Å². The summed E-state index contributed by atoms with van der Waals surface area (Å²) in [5.74, 6) is -0.0487. The Labute approximate surface area is 108 Å². The Hall–Kier alpha value is -1.39. The molecule has 18 heavy (non-hydrogen) atoms. The number of hydrogen-bond acceptors (Lipinski definition) is 3. The van der Waals surface area contributed by atoms with Gasteiger partial charge in [0.1, 0.15) is 6.04 Å². The second kappa shape index (κ2) is 5.50. The van der Waals surface area contributed by atoms with Gasteiger partial charge in [-0.1, -0.05) is 12.1 Å². The molecule has 1 aromatic rings. The summed E-state index contributed by atoms with van der Waals surface area (Å²) in [6.45, 7) is 4.57. The van der Waals surface area contributed by atoms with E-state index in [9.17, 15) is 9.90 Å². The van der Waals surface area contributed by atoms with E-state index in [1.165, 1.54) is 0 Å². The average molecular weight is 248 g/mol. The molecule has 1 amide bonds. The Morgan fingerprint density at radius 3 is 2.94 bits per heavy atom. The Bertz CT molecular complexity index is 434. The molecule has 0 bridgehead atoms. The Morgan fingerprint density at radius 2 is 2.28 bits per heavy atom. The highest BCUT2D eigenvalue weighted by Gasteiger charge is 2.29. The summed E-state index contributed by atoms with van der Waals surface area (Å²) in [5.41, 5.74) is 2.04. The number of carbonyl (C=O) groups excluding carboxylic acids is 1. The number of aliphatic hydroxyl groups is 1. The second-order valence-corrected chi connectivity index (χ2v) is 4.92. The van der Waals surface area contributed by atoms with Gasteiger partial charge in [0.2, 0.25) is 5.91 Å². The molecule has 2 atom stereocenters. The monoisotopic (exact) mass is 248 g/mol. The van der Waals surface area contributed by atoms with Gasteiger partial charge in [-0.2, -0.15) is 0 Å². The lowest BCUT2D eigenvalue weighted by Gasteiger charge is -2.23. The van der Waals surface area contributed by atoms with Crippen molar-refractivity contribution in [2.45, 2.75) is 32.4 Å². The van der Waals surface area contributed by atoms with Crippen LogP contribution in [0.4, 0.5) is 5.69 Å². The van der Waals surface area contributed by atoms with Crippen LogP contribution in [0.3, 0.4) is 0 Å². The minimum atomic E-state index is -0.497. The van der Waals surface area contributed by atoms with Crippen molar-refractivity contribution in [1.82, 2.24) is 5.32 Å². The molecule has 4 nitrogen and oxygen atoms in total. The lowest BCUT2D eigenvalue weighted by molar-refractivity contribution is -0.121. The molecule has 1 aromatic carbocycles. The van der Waals surface area contributed by atoms with E-state index < -0.39 is 6.04 Å². The number of amides is 1. The third kappa shape index (κ3) is 2.71. The zero-order chi connectivity index (χ0) is 13.1. The molecule has 0 radical (unpaired) electrons. The summed E-state index contributed by atoms with van der Waals surface area (Å²) < 4.78 is 0. The number of anilines is 1. The van der Waals surface area contributed by atoms with Crippen LogP contribution in [0.2, 0.25) is 0 Å². The van der Waals surface area contributed by atoms with Gasteiger partial charge in [-0.25, -0.2) is 0 Å². The normalized spacial score (nSPS) is 25.1. The fourth-order valence-electron chi connectivity index (χ4n) is 2.30. The first-order valence-electron chi connectivity index (χ1n) is 6.37. The summed E-state index contributed by atoms with van der Waals surface area (Å²) in [5, 5.41) is 12.5. The van der Waals surface area contributed by atoms with Crippen LogP contribution in [0.5, 0.6) is 0 Å². The number of hydrogen-bond donors (Lipinski definition) is 2. The molecule has 2 rings (SSSR count). The highest BCUT2D eigenvalue weighted by atomic mass is 16.3. The number of aliphatic hydroxyl groups excluding tert-OH is 1. The smallest absolute Gasteiger partial charge is 0.246 e. The lowest BCUT2D eigenvalue weighted by Crippen LogP contribution is -2.47. The van der Waals surface area contributed by atoms with E-state index in [1.807, 2.05) is 38.1 Å². The molecule has 0 aliphatic carbocycles. The molecular weight excluding hydrogens is 228 g/mol. The van der Waals surface area contributed by atoms with E-state index in [0.29, 0.717) is 6.54 Å². The second-order valence-electron chi connectivity index (χ2n) is 4.92. The van der Waals surface area contributed by atoms with Crippen LogP contribution in [0.25, 0.3) is 0 Å². The maximum absolute atomic E-state index is 12.3. The van der Waals surface area contributed by atoms with Gasteiger partial charge in [-0.3, -0.25) is 4.79 Å². The molecule has 1 heterocycles. The van der Waals surface area contributed by atoms with Crippen molar-refractivity contribution in [3.63, 3.8) is 0 Å². The molecule has 0 saturated carbocycles. The Balaban J connectivity index is 2.28. The SMILES string of the molecule is Cc1cccc(N2CCC(C)NC(CO)C2=O)c1. The van der Waals surface area contributed by atoms with E-state index >= 15 is 0 Å². The molecule has 1 saturated heterocycles. The molecule has 1 aliphatic heterocycles. The van der Waals surface area contributed by atoms with Gasteiger partial charge in [0.25, 0.3) is 0 Å². The first kappa shape index (κ1) is 13.1. The van der Waals surface area contributed by atoms with E-state index in [0.717, 1.165) is 17.7 Å². The summed E-state index contributed by atoms with van der Waals surface area (Å²) in [6, 6.07) is 7.64. The third-order valence-corrected chi connectivity index (χ3v) is 3.33. The minimum absolute atomic E-state index is 0.0487. The molecule has 0 aromatic heterocycles. The maximum atomic E-state index is 12.3. The van der Waals surface area contributed by atoms with Crippen molar-refractivity contribution in [2.75, 3.05) is 18.1 Å². The zero-order valence-electron chi connectivity index (χ0n) is 10.9. The Kier molecular flexibility index (Phi) is 3.99. The molecular formula is C14H20N2O2. The predicted molar refractivity (Wildman–Crippen MR) is 71.6 cm³/mol. The summed E-state index contributed by atoms with van der Waals surface area (Å²) in [4.78, 5) is 14.1. The summed E-state index contributed by atoms with van der Waals surface area (Å²) in [6.07, 6.45) is 0.885. The van der Waals surface area contributed by atoms with Crippen molar-refractivity contribution in [1.29, 1.82) is 0 Å². The Morgan fingerprint density at radius 1 is 1.50 bits per heavy atom. The van der Waals surface area contributed by atoms with Gasteiger partial charge >= 0.3 is 0 Å². The molecule has 4 heteroatoms. The van der Waals surface area contributed by atoms with Crippen LogP contribution in [-0.2, 0) is 4.79 Å². The molecule has 98 valence electrons. The van der Waals surface area contributed by atoms with Crippen LogP contribution >= 0.6 is 0 Å². The first-order valence-corrected chi connectivity index (χ1v) is 6.37. The third-order valence-electron chi connectivity index (χ3n) is 3.33. The average Bonchev–Trinajstić information content (AvgIpc) is 2.49. The van der Waals surface area contributed by atoms with Gasteiger partial charge in [-0.15, -0.1) is 0 Å². The summed E-state index contributed by atoms with van der Waals surface area (Å²) >= 11 is 0. The highest BCUT2D eigenvalue weighted by Crippen LogP contribution is 2.19. The standard InChI is InChI=1S/C14H20N2O2/c1-10-4-3-5-12(8-10)16-7-6-11(2)15-13(9-17)14(16)18/h3-5,8,11,13,15,17H,6-7,9H2,1-2H3. The van der Waals surface area contributed by atoms with Crippen LogP contribution < -0.4 is 10.2 Å². The quantitative estimate of drug-likeness (QED) is 0.823. The highest BCUT2D eigenvalue weighted by molar-refractivity contribution is 5.97. The number of carbonyl (C=O) groups is 1. The van der Waals surface area contributed by atoms with Crippen molar-refractivity contribution in [2.24, 2.45) is 0 Å². The molecule has 0 spiro atoms. The predicted octanol–water partition coefficient (Wildman–Crippen LogP) is 1.07. The molecule has 2 N–H and O–H groups in total. The van der Waals surface area contributed by atoms with Gasteiger partial charge in [0, 0.05) is 18.3 Å². The van der Waals surface area contributed by atoms with Gasteiger partial charge < -0.3 is 15.3 Å². The van der Waals surface area contributed by atoms with Gasteiger partial charge in [0.05, 0.1) is 6.61 Å². The minimum Gasteiger partial charge on any atom is -0.394 e. The van der Waals surface area contributed by atoms with Crippen LogP contribution in [0.15, 0.2) is 24.3 Å². The number of aryl methyl sites for hydroxylation is 1. The van der Waals surface area contributed by atoms with Gasteiger partial charge in [0.15, 0.2) is 0 Å². The van der Waals surface area contributed by atoms with Crippen LogP contribution in [-0.4, -0.2) is 36.2 Å². The number of rotatable bonds is 2. The molecule has 1 aliphatic rings. The van der Waals surface area contributed by atoms with Crippen molar-refractivity contribution in [3.8, 4) is 0 Å². The van der Waals surface area contributed by atoms with E-state index in [2.05, 4.69) is 5.32 Å². The zero-order valence-corrected chi connectivity index (χ0v) is 10.9. The summed E-state index contributed by atoms with van der Waals surface area (Å²) in [7, 11) is 0. The fourth-order valence-corrected chi connectivity index (χ4v) is 2.30. The lowest BCUT2D eigenvalue weighted by atomic mass is 10.2. The fraction of sp³-hybridized carbons (Fsp3) is 0.500. The largest absolute Gasteiger partial charge is 0.394 e. The van der Waals surface area contributed by atoms with E-state index in [4.69, 9.17) is 0 Å². The van der Waals surface area contributed by atoms with Crippen molar-refractivity contribution < 1.29 is 9.90 Å². The number of nitrogens with one attached hydrogen (secondary N) is 1. The number of benzene rings is 1. The molecule has 1 fully saturated rings. The van der Waals surface area contributed by atoms with Crippen molar-refractivity contribution in [3.05, 3.63) is 29.8 Å². The van der Waals surface area contributed by atoms with Crippen LogP contribution in [0.1, 0.15) is 18.9 Å². The van der Waals surface area contributed by atoms with Crippen molar-refractivity contribution >= 4 is 11.6 Å². The maximum Gasteiger partial charge on any atom is 0.246 e. The van der Waals surface area contributed by atoms with E-state index in [1.54, 1.807) is 4.90 Å². The molecule has 2 unspecified atom stereocenters. The van der Waals surface area contributed by atoms with Crippen LogP contribution in [0, 0.1) is 6.92 Å². The number of nitrogens with zero attached hydrogens (tertiary/aromatic N) is 1. The first-order chi connectivity index (χ1) is 8.61. The topological polar surface area (TPSA) is 52.6 Å².